The number of hydrogen-bond donors (Lipinski definition) is 1. The maximum Gasteiger partial charge on any atom is 0.272 e. The highest BCUT2D eigenvalue weighted by Gasteiger charge is 2.43. The molecule has 6 heteroatoms. The summed E-state index contributed by atoms with van der Waals surface area (Å²) >= 11 is 0. The van der Waals surface area contributed by atoms with Gasteiger partial charge in [0.25, 0.3) is 11.8 Å². The zero-order valence-corrected chi connectivity index (χ0v) is 15.0. The van der Waals surface area contributed by atoms with Gasteiger partial charge < -0.3 is 10.2 Å². The summed E-state index contributed by atoms with van der Waals surface area (Å²) in [5.74, 6) is -0.700. The number of hydrogen-bond acceptors (Lipinski definition) is 3. The minimum atomic E-state index is -0.706. The summed E-state index contributed by atoms with van der Waals surface area (Å²) < 4.78 is 13.5. The Morgan fingerprint density at radius 3 is 2.59 bits per heavy atom. The van der Waals surface area contributed by atoms with Gasteiger partial charge in [-0.2, -0.15) is 0 Å². The normalized spacial score (nSPS) is 18.4. The second kappa shape index (κ2) is 6.61. The number of carbonyl (C=O) groups is 2. The number of amides is 2. The van der Waals surface area contributed by atoms with Crippen molar-refractivity contribution in [3.05, 3.63) is 71.0 Å². The Morgan fingerprint density at radius 1 is 1.15 bits per heavy atom. The van der Waals surface area contributed by atoms with Crippen molar-refractivity contribution in [2.75, 3.05) is 13.1 Å². The van der Waals surface area contributed by atoms with Gasteiger partial charge in [0.05, 0.1) is 0 Å². The minimum absolute atomic E-state index is 0.00722. The summed E-state index contributed by atoms with van der Waals surface area (Å²) in [5.41, 5.74) is 1.74. The molecule has 5 nitrogen and oxygen atoms in total. The Bertz CT molecular complexity index is 946. The van der Waals surface area contributed by atoms with Crippen LogP contribution >= 0.6 is 0 Å². The molecule has 1 spiro atoms. The van der Waals surface area contributed by atoms with Crippen molar-refractivity contribution in [3.8, 4) is 0 Å². The highest BCUT2D eigenvalue weighted by Crippen LogP contribution is 2.29. The molecule has 0 saturated carbocycles. The minimum Gasteiger partial charge on any atom is -0.338 e. The second-order valence-electron chi connectivity index (χ2n) is 7.12. The van der Waals surface area contributed by atoms with E-state index in [4.69, 9.17) is 0 Å². The fourth-order valence-corrected chi connectivity index (χ4v) is 3.67. The van der Waals surface area contributed by atoms with Gasteiger partial charge in [0.1, 0.15) is 17.2 Å². The monoisotopic (exact) mass is 365 g/mol. The van der Waals surface area contributed by atoms with Crippen LogP contribution in [0.1, 0.15) is 34.3 Å². The number of aliphatic imine (C=N–C) groups is 1. The predicted octanol–water partition coefficient (Wildman–Crippen LogP) is 2.69. The lowest BCUT2D eigenvalue weighted by atomic mass is 9.97. The molecule has 0 bridgehead atoms. The molecule has 0 atom stereocenters. The molecule has 0 aromatic heterocycles. The van der Waals surface area contributed by atoms with E-state index in [1.807, 2.05) is 31.2 Å². The molecule has 27 heavy (non-hydrogen) atoms. The van der Waals surface area contributed by atoms with Crippen LogP contribution in [0.3, 0.4) is 0 Å². The van der Waals surface area contributed by atoms with Gasteiger partial charge in [0.15, 0.2) is 0 Å². The fraction of sp³-hybridized carbons (Fsp3) is 0.286. The lowest BCUT2D eigenvalue weighted by molar-refractivity contribution is -0.115. The van der Waals surface area contributed by atoms with Crippen LogP contribution in [0.5, 0.6) is 0 Å². The third-order valence-corrected chi connectivity index (χ3v) is 5.13. The summed E-state index contributed by atoms with van der Waals surface area (Å²) in [5, 5.41) is 2.94. The van der Waals surface area contributed by atoms with Crippen LogP contribution in [-0.4, -0.2) is 41.2 Å². The number of benzene rings is 2. The molecule has 138 valence electrons. The van der Waals surface area contributed by atoms with Crippen molar-refractivity contribution in [2.24, 2.45) is 4.99 Å². The number of nitrogens with zero attached hydrogens (tertiary/aromatic N) is 2. The molecule has 4 rings (SSSR count). The van der Waals surface area contributed by atoms with Gasteiger partial charge in [-0.1, -0.05) is 29.8 Å². The number of likely N-dealkylation sites (tertiary alicyclic amines) is 1. The third-order valence-electron chi connectivity index (χ3n) is 5.13. The van der Waals surface area contributed by atoms with Crippen molar-refractivity contribution >= 4 is 17.5 Å². The molecule has 1 saturated heterocycles. The van der Waals surface area contributed by atoms with Crippen LogP contribution in [-0.2, 0) is 4.79 Å². The van der Waals surface area contributed by atoms with Crippen LogP contribution in [0, 0.1) is 12.7 Å². The first-order valence-corrected chi connectivity index (χ1v) is 9.00. The average Bonchev–Trinajstić information content (AvgIpc) is 2.98. The Hall–Kier alpha value is -3.02. The van der Waals surface area contributed by atoms with Crippen molar-refractivity contribution in [1.29, 1.82) is 0 Å². The van der Waals surface area contributed by atoms with Gasteiger partial charge in [-0.15, -0.1) is 0 Å². The number of piperidine rings is 1. The van der Waals surface area contributed by atoms with Gasteiger partial charge in [0.2, 0.25) is 0 Å². The molecule has 1 N–H and O–H groups in total. The van der Waals surface area contributed by atoms with Crippen LogP contribution in [0.4, 0.5) is 4.39 Å². The number of carbonyl (C=O) groups excluding carboxylic acids is 2. The molecule has 2 amide bonds. The number of rotatable bonds is 2. The first kappa shape index (κ1) is 17.4. The van der Waals surface area contributed by atoms with Crippen LogP contribution in [0.15, 0.2) is 53.5 Å². The SMILES string of the molecule is Cc1cccc(C(=O)N2CCC3(CC2)N=C(c2cccc(F)c2)C(=O)N3)c1. The summed E-state index contributed by atoms with van der Waals surface area (Å²) in [6.45, 7) is 2.97. The Morgan fingerprint density at radius 2 is 1.89 bits per heavy atom. The third kappa shape index (κ3) is 3.35. The molecular weight excluding hydrogens is 345 g/mol. The molecule has 1 fully saturated rings. The molecule has 2 aliphatic heterocycles. The van der Waals surface area contributed by atoms with E-state index in [1.165, 1.54) is 12.1 Å². The molecule has 0 aliphatic carbocycles. The molecule has 0 radical (unpaired) electrons. The van der Waals surface area contributed by atoms with E-state index in [9.17, 15) is 14.0 Å². The number of aryl methyl sites for hydroxylation is 1. The van der Waals surface area contributed by atoms with Crippen molar-refractivity contribution < 1.29 is 14.0 Å². The van der Waals surface area contributed by atoms with Gasteiger partial charge in [-0.25, -0.2) is 4.39 Å². The van der Waals surface area contributed by atoms with E-state index in [2.05, 4.69) is 10.3 Å². The zero-order chi connectivity index (χ0) is 19.0. The fourth-order valence-electron chi connectivity index (χ4n) is 3.67. The summed E-state index contributed by atoms with van der Waals surface area (Å²) in [4.78, 5) is 31.5. The van der Waals surface area contributed by atoms with Gasteiger partial charge in [-0.05, 0) is 31.2 Å². The van der Waals surface area contributed by atoms with Gasteiger partial charge in [0, 0.05) is 37.1 Å². The molecule has 2 aromatic rings. The van der Waals surface area contributed by atoms with Crippen LogP contribution < -0.4 is 5.32 Å². The smallest absolute Gasteiger partial charge is 0.272 e. The maximum absolute atomic E-state index is 13.5. The van der Waals surface area contributed by atoms with Crippen molar-refractivity contribution in [2.45, 2.75) is 25.4 Å². The predicted molar refractivity (Wildman–Crippen MR) is 100 cm³/mol. The molecule has 2 aromatic carbocycles. The van der Waals surface area contributed by atoms with E-state index in [0.29, 0.717) is 37.1 Å². The lowest BCUT2D eigenvalue weighted by Gasteiger charge is -2.37. The maximum atomic E-state index is 13.5. The first-order valence-electron chi connectivity index (χ1n) is 9.00. The molecule has 2 heterocycles. The average molecular weight is 365 g/mol. The topological polar surface area (TPSA) is 61.8 Å². The quantitative estimate of drug-likeness (QED) is 0.889. The number of nitrogens with one attached hydrogen (secondary N) is 1. The van der Waals surface area contributed by atoms with Crippen molar-refractivity contribution in [1.82, 2.24) is 10.2 Å². The Balaban J connectivity index is 1.50. The van der Waals surface area contributed by atoms with E-state index >= 15 is 0 Å². The van der Waals surface area contributed by atoms with Gasteiger partial charge >= 0.3 is 0 Å². The largest absolute Gasteiger partial charge is 0.338 e. The molecule has 0 unspecified atom stereocenters. The first-order chi connectivity index (χ1) is 13.0. The van der Waals surface area contributed by atoms with E-state index in [1.54, 1.807) is 17.0 Å². The van der Waals surface area contributed by atoms with Crippen molar-refractivity contribution in [3.63, 3.8) is 0 Å². The van der Waals surface area contributed by atoms with Crippen LogP contribution in [0.2, 0.25) is 0 Å². The highest BCUT2D eigenvalue weighted by molar-refractivity contribution is 6.46. The standard InChI is InChI=1S/C21H20FN3O2/c1-14-4-2-6-16(12-14)20(27)25-10-8-21(9-11-25)23-18(19(26)24-21)15-5-3-7-17(22)13-15/h2-7,12-13H,8-11H2,1H3,(H,24,26). The van der Waals surface area contributed by atoms with E-state index in [0.717, 1.165) is 5.56 Å². The zero-order valence-electron chi connectivity index (χ0n) is 15.0. The van der Waals surface area contributed by atoms with Crippen LogP contribution in [0.25, 0.3) is 0 Å². The summed E-state index contributed by atoms with van der Waals surface area (Å²) in [6, 6.07) is 13.4. The molecule has 2 aliphatic rings. The summed E-state index contributed by atoms with van der Waals surface area (Å²) in [6.07, 6.45) is 1.07. The highest BCUT2D eigenvalue weighted by atomic mass is 19.1. The Labute approximate surface area is 156 Å². The van der Waals surface area contributed by atoms with Gasteiger partial charge in [-0.3, -0.25) is 14.6 Å². The number of halogens is 1. The Kier molecular flexibility index (Phi) is 4.26. The van der Waals surface area contributed by atoms with E-state index in [-0.39, 0.29) is 17.5 Å². The lowest BCUT2D eigenvalue weighted by Crippen LogP contribution is -2.52. The second-order valence-corrected chi connectivity index (χ2v) is 7.12. The van der Waals surface area contributed by atoms with E-state index < -0.39 is 11.5 Å². The summed E-state index contributed by atoms with van der Waals surface area (Å²) in [7, 11) is 0. The molecular formula is C21H20FN3O2.